The van der Waals surface area contributed by atoms with Crippen molar-refractivity contribution in [3.63, 3.8) is 0 Å². The second-order valence-corrected chi connectivity index (χ2v) is 8.95. The van der Waals surface area contributed by atoms with Crippen molar-refractivity contribution in [3.8, 4) is 0 Å². The molecule has 2 aromatic rings. The molecule has 0 bridgehead atoms. The van der Waals surface area contributed by atoms with E-state index in [9.17, 15) is 23.6 Å². The van der Waals surface area contributed by atoms with Gasteiger partial charge in [0.05, 0.1) is 5.75 Å². The Morgan fingerprint density at radius 1 is 0.912 bits per heavy atom. The fraction of sp³-hybridized carbons (Fsp3) is 0.360. The molecule has 34 heavy (non-hydrogen) atoms. The number of hydrogen-bond acceptors (Lipinski definition) is 6. The number of esters is 1. The Morgan fingerprint density at radius 3 is 2.12 bits per heavy atom. The molecule has 0 aliphatic heterocycles. The minimum absolute atomic E-state index is 0.00673. The van der Waals surface area contributed by atoms with Gasteiger partial charge in [-0.05, 0) is 61.9 Å². The molecule has 0 saturated carbocycles. The lowest BCUT2D eigenvalue weighted by Crippen LogP contribution is -2.23. The van der Waals surface area contributed by atoms with Gasteiger partial charge in [0.1, 0.15) is 11.1 Å². The number of hydrogen-bond donors (Lipinski definition) is 2. The molecule has 182 valence electrons. The smallest absolute Gasteiger partial charge is 0.319 e. The van der Waals surface area contributed by atoms with Crippen LogP contribution in [0.5, 0.6) is 0 Å². The third-order valence-electron chi connectivity index (χ3n) is 4.77. The number of carbonyl (C=O) groups is 4. The molecule has 0 aliphatic carbocycles. The molecule has 7 nitrogen and oxygen atoms in total. The first kappa shape index (κ1) is 27.0. The zero-order valence-corrected chi connectivity index (χ0v) is 20.1. The summed E-state index contributed by atoms with van der Waals surface area (Å²) in [6.07, 6.45) is 3.33. The van der Waals surface area contributed by atoms with Crippen molar-refractivity contribution in [3.05, 3.63) is 59.9 Å². The molecular formula is C25H29FN2O5S. The summed E-state index contributed by atoms with van der Waals surface area (Å²) in [4.78, 5) is 48.3. The summed E-state index contributed by atoms with van der Waals surface area (Å²) in [6, 6.07) is 11.7. The van der Waals surface area contributed by atoms with Crippen molar-refractivity contribution in [2.24, 2.45) is 0 Å². The number of unbranched alkanes of at least 4 members (excludes halogenated alkanes) is 2. The number of nitrogens with one attached hydrogen (secondary N) is 2. The van der Waals surface area contributed by atoms with Gasteiger partial charge in [-0.15, -0.1) is 11.8 Å². The number of rotatable bonds is 13. The van der Waals surface area contributed by atoms with E-state index in [1.807, 2.05) is 0 Å². The van der Waals surface area contributed by atoms with Gasteiger partial charge in [0, 0.05) is 23.4 Å². The van der Waals surface area contributed by atoms with Crippen LogP contribution < -0.4 is 10.6 Å². The highest BCUT2D eigenvalue weighted by Gasteiger charge is 2.18. The van der Waals surface area contributed by atoms with E-state index in [-0.39, 0.29) is 23.4 Å². The predicted octanol–water partition coefficient (Wildman–Crippen LogP) is 4.83. The molecule has 0 spiro atoms. The van der Waals surface area contributed by atoms with E-state index in [4.69, 9.17) is 4.74 Å². The number of amides is 2. The topological polar surface area (TPSA) is 102 Å². The van der Waals surface area contributed by atoms with Crippen molar-refractivity contribution < 1.29 is 28.3 Å². The van der Waals surface area contributed by atoms with E-state index in [2.05, 4.69) is 17.6 Å². The SMILES string of the molecule is CCCCCC(=O)Nc1ccc(C(=O)COC(=O)C(C)SCC(=O)Nc2ccc(F)cc2)cc1. The van der Waals surface area contributed by atoms with Gasteiger partial charge in [-0.25, -0.2) is 4.39 Å². The number of carbonyl (C=O) groups excluding carboxylic acids is 4. The minimum atomic E-state index is -0.655. The summed E-state index contributed by atoms with van der Waals surface area (Å²) < 4.78 is 18.0. The molecule has 0 saturated heterocycles. The monoisotopic (exact) mass is 488 g/mol. The van der Waals surface area contributed by atoms with Gasteiger partial charge in [-0.1, -0.05) is 19.8 Å². The molecule has 0 aliphatic rings. The van der Waals surface area contributed by atoms with Crippen LogP contribution in [0.2, 0.25) is 0 Å². The molecule has 9 heteroatoms. The molecule has 2 aromatic carbocycles. The van der Waals surface area contributed by atoms with Crippen molar-refractivity contribution >= 4 is 46.7 Å². The van der Waals surface area contributed by atoms with Crippen LogP contribution in [-0.2, 0) is 19.1 Å². The molecule has 0 heterocycles. The van der Waals surface area contributed by atoms with Crippen molar-refractivity contribution in [2.75, 3.05) is 23.0 Å². The average Bonchev–Trinajstić information content (AvgIpc) is 2.82. The maximum atomic E-state index is 12.9. The number of halogens is 1. The molecule has 2 N–H and O–H groups in total. The van der Waals surface area contributed by atoms with E-state index < -0.39 is 23.6 Å². The van der Waals surface area contributed by atoms with Crippen LogP contribution in [0, 0.1) is 5.82 Å². The molecular weight excluding hydrogens is 459 g/mol. The first-order valence-electron chi connectivity index (χ1n) is 11.0. The van der Waals surface area contributed by atoms with Crippen LogP contribution in [0.4, 0.5) is 15.8 Å². The van der Waals surface area contributed by atoms with E-state index >= 15 is 0 Å². The van der Waals surface area contributed by atoms with E-state index in [1.165, 1.54) is 24.3 Å². The van der Waals surface area contributed by atoms with E-state index in [0.29, 0.717) is 23.4 Å². The van der Waals surface area contributed by atoms with E-state index in [1.54, 1.807) is 31.2 Å². The van der Waals surface area contributed by atoms with Gasteiger partial charge >= 0.3 is 5.97 Å². The van der Waals surface area contributed by atoms with Crippen molar-refractivity contribution in [2.45, 2.75) is 44.8 Å². The normalized spacial score (nSPS) is 11.4. The summed E-state index contributed by atoms with van der Waals surface area (Å²) in [6.45, 7) is 3.23. The van der Waals surface area contributed by atoms with Gasteiger partial charge in [0.15, 0.2) is 12.4 Å². The van der Waals surface area contributed by atoms with Crippen LogP contribution in [0.15, 0.2) is 48.5 Å². The maximum Gasteiger partial charge on any atom is 0.319 e. The maximum absolute atomic E-state index is 12.9. The highest BCUT2D eigenvalue weighted by atomic mass is 32.2. The zero-order chi connectivity index (χ0) is 24.9. The molecule has 2 rings (SSSR count). The summed E-state index contributed by atoms with van der Waals surface area (Å²) in [7, 11) is 0. The van der Waals surface area contributed by atoms with Gasteiger partial charge in [0.2, 0.25) is 11.8 Å². The second-order valence-electron chi connectivity index (χ2n) is 7.62. The third-order valence-corrected chi connectivity index (χ3v) is 5.89. The minimum Gasteiger partial charge on any atom is -0.456 e. The average molecular weight is 489 g/mol. The summed E-state index contributed by atoms with van der Waals surface area (Å²) in [5.41, 5.74) is 1.41. The molecule has 0 fully saturated rings. The van der Waals surface area contributed by atoms with E-state index in [0.717, 1.165) is 31.0 Å². The molecule has 1 atom stereocenters. The number of thioether (sulfide) groups is 1. The number of ether oxygens (including phenoxy) is 1. The first-order valence-corrected chi connectivity index (χ1v) is 12.1. The predicted molar refractivity (Wildman–Crippen MR) is 131 cm³/mol. The van der Waals surface area contributed by atoms with Crippen LogP contribution >= 0.6 is 11.8 Å². The fourth-order valence-electron chi connectivity index (χ4n) is 2.83. The Kier molecular flexibility index (Phi) is 11.3. The van der Waals surface area contributed by atoms with Crippen LogP contribution in [0.25, 0.3) is 0 Å². The standard InChI is InChI=1S/C25H29FN2O5S/c1-3-4-5-6-23(30)27-20-11-7-18(8-12-20)22(29)15-33-25(32)17(2)34-16-24(31)28-21-13-9-19(26)10-14-21/h7-14,17H,3-6,15-16H2,1-2H3,(H,27,30)(H,28,31). The van der Waals surface area contributed by atoms with Crippen LogP contribution in [-0.4, -0.2) is 41.2 Å². The van der Waals surface area contributed by atoms with Gasteiger partial charge in [0.25, 0.3) is 0 Å². The molecule has 0 aromatic heterocycles. The van der Waals surface area contributed by atoms with Crippen molar-refractivity contribution in [1.29, 1.82) is 0 Å². The largest absolute Gasteiger partial charge is 0.456 e. The van der Waals surface area contributed by atoms with Gasteiger partial charge in [-0.3, -0.25) is 19.2 Å². The molecule has 2 amide bonds. The molecule has 1 unspecified atom stereocenters. The zero-order valence-electron chi connectivity index (χ0n) is 19.3. The summed E-state index contributed by atoms with van der Waals surface area (Å²) in [5, 5.41) is 4.73. The number of ketones is 1. The lowest BCUT2D eigenvalue weighted by molar-refractivity contribution is -0.141. The molecule has 0 radical (unpaired) electrons. The highest BCUT2D eigenvalue weighted by molar-refractivity contribution is 8.01. The lowest BCUT2D eigenvalue weighted by atomic mass is 10.1. The Labute approximate surface area is 202 Å². The Bertz CT molecular complexity index is 980. The first-order chi connectivity index (χ1) is 16.3. The fourth-order valence-corrected chi connectivity index (χ4v) is 3.51. The van der Waals surface area contributed by atoms with Crippen LogP contribution in [0.1, 0.15) is 49.9 Å². The third kappa shape index (κ3) is 9.74. The lowest BCUT2D eigenvalue weighted by Gasteiger charge is -2.11. The van der Waals surface area contributed by atoms with Gasteiger partial charge < -0.3 is 15.4 Å². The highest BCUT2D eigenvalue weighted by Crippen LogP contribution is 2.15. The number of Topliss-reactive ketones (excluding diaryl/α,β-unsaturated/α-hetero) is 1. The number of benzene rings is 2. The number of anilines is 2. The Hall–Kier alpha value is -3.20. The van der Waals surface area contributed by atoms with Crippen molar-refractivity contribution in [1.82, 2.24) is 0 Å². The summed E-state index contributed by atoms with van der Waals surface area (Å²) >= 11 is 1.06. The quantitative estimate of drug-likeness (QED) is 0.238. The van der Waals surface area contributed by atoms with Gasteiger partial charge in [-0.2, -0.15) is 0 Å². The Morgan fingerprint density at radius 2 is 1.50 bits per heavy atom. The summed E-state index contributed by atoms with van der Waals surface area (Å²) in [5.74, 6) is -1.81. The second kappa shape index (κ2) is 14.1. The Balaban J connectivity index is 1.71. The van der Waals surface area contributed by atoms with Crippen LogP contribution in [0.3, 0.4) is 0 Å².